The number of anilines is 2. The van der Waals surface area contributed by atoms with Gasteiger partial charge in [0.25, 0.3) is 0 Å². The molecule has 4 nitrogen and oxygen atoms in total. The summed E-state index contributed by atoms with van der Waals surface area (Å²) in [6.07, 6.45) is 3.30. The molecule has 5 rings (SSSR count). The van der Waals surface area contributed by atoms with Gasteiger partial charge in [0.2, 0.25) is 0 Å². The zero-order valence-electron chi connectivity index (χ0n) is 15.3. The second kappa shape index (κ2) is 7.70. The molecule has 0 aliphatic heterocycles. The van der Waals surface area contributed by atoms with Crippen molar-refractivity contribution in [3.63, 3.8) is 0 Å². The van der Waals surface area contributed by atoms with Gasteiger partial charge in [0.15, 0.2) is 0 Å². The standard InChI is InChI=1S/C23H16ClN3OS/c24-17-8-10-18(11-9-17)27(13-19-7-4-12-28-19)22-21-20(16-5-2-1-3-6-16)14-29-23(21)26-15-25-22/h1-12,14-15H,13H2. The molecule has 0 radical (unpaired) electrons. The van der Waals surface area contributed by atoms with Crippen LogP contribution in [0.5, 0.6) is 0 Å². The zero-order valence-corrected chi connectivity index (χ0v) is 16.9. The van der Waals surface area contributed by atoms with Crippen LogP contribution in [0.2, 0.25) is 5.02 Å². The zero-order chi connectivity index (χ0) is 19.6. The number of halogens is 1. The number of fused-ring (bicyclic) bond motifs is 1. The number of furan rings is 1. The van der Waals surface area contributed by atoms with Gasteiger partial charge < -0.3 is 9.32 Å². The number of aromatic nitrogens is 2. The molecule has 2 aromatic carbocycles. The van der Waals surface area contributed by atoms with Crippen LogP contribution in [-0.2, 0) is 6.54 Å². The Bertz CT molecular complexity index is 1230. The van der Waals surface area contributed by atoms with Gasteiger partial charge in [0.05, 0.1) is 18.2 Å². The van der Waals surface area contributed by atoms with Gasteiger partial charge in [0.1, 0.15) is 22.7 Å². The summed E-state index contributed by atoms with van der Waals surface area (Å²) in [6.45, 7) is 0.546. The second-order valence-corrected chi connectivity index (χ2v) is 7.83. The number of nitrogens with zero attached hydrogens (tertiary/aromatic N) is 3. The van der Waals surface area contributed by atoms with Crippen LogP contribution in [0.25, 0.3) is 21.3 Å². The van der Waals surface area contributed by atoms with Gasteiger partial charge in [-0.1, -0.05) is 41.9 Å². The number of hydrogen-bond donors (Lipinski definition) is 0. The smallest absolute Gasteiger partial charge is 0.146 e. The van der Waals surface area contributed by atoms with Crippen LogP contribution in [0.3, 0.4) is 0 Å². The lowest BCUT2D eigenvalue weighted by Gasteiger charge is -2.24. The molecule has 6 heteroatoms. The Hall–Kier alpha value is -3.15. The fourth-order valence-corrected chi connectivity index (χ4v) is 4.40. The van der Waals surface area contributed by atoms with Crippen LogP contribution in [0.1, 0.15) is 5.76 Å². The van der Waals surface area contributed by atoms with Gasteiger partial charge in [-0.15, -0.1) is 11.3 Å². The molecule has 0 fully saturated rings. The van der Waals surface area contributed by atoms with E-state index in [0.29, 0.717) is 11.6 Å². The van der Waals surface area contributed by atoms with E-state index >= 15 is 0 Å². The summed E-state index contributed by atoms with van der Waals surface area (Å²) in [7, 11) is 0. The highest BCUT2D eigenvalue weighted by Crippen LogP contribution is 2.40. The maximum Gasteiger partial charge on any atom is 0.146 e. The summed E-state index contributed by atoms with van der Waals surface area (Å²) in [5, 5.41) is 3.87. The van der Waals surface area contributed by atoms with Gasteiger partial charge in [-0.3, -0.25) is 0 Å². The van der Waals surface area contributed by atoms with E-state index in [0.717, 1.165) is 38.6 Å². The van der Waals surface area contributed by atoms with Crippen molar-refractivity contribution in [3.8, 4) is 11.1 Å². The van der Waals surface area contributed by atoms with Crippen LogP contribution in [0.15, 0.2) is 89.1 Å². The SMILES string of the molecule is Clc1ccc(N(Cc2ccco2)c2ncnc3scc(-c4ccccc4)c23)cc1. The van der Waals surface area contributed by atoms with Crippen molar-refractivity contribution in [3.05, 3.63) is 95.5 Å². The van der Waals surface area contributed by atoms with Crippen molar-refractivity contribution in [1.82, 2.24) is 9.97 Å². The molecule has 0 N–H and O–H groups in total. The van der Waals surface area contributed by atoms with Crippen molar-refractivity contribution < 1.29 is 4.42 Å². The third-order valence-electron chi connectivity index (χ3n) is 4.72. The average molecular weight is 418 g/mol. The molecule has 0 amide bonds. The maximum atomic E-state index is 6.13. The Morgan fingerprint density at radius 2 is 1.76 bits per heavy atom. The largest absolute Gasteiger partial charge is 0.467 e. The third kappa shape index (κ3) is 3.50. The molecule has 29 heavy (non-hydrogen) atoms. The first kappa shape index (κ1) is 17.9. The van der Waals surface area contributed by atoms with Crippen molar-refractivity contribution in [1.29, 1.82) is 0 Å². The van der Waals surface area contributed by atoms with E-state index in [1.165, 1.54) is 0 Å². The predicted molar refractivity (Wildman–Crippen MR) is 119 cm³/mol. The molecule has 3 aromatic heterocycles. The first-order valence-electron chi connectivity index (χ1n) is 9.13. The number of hydrogen-bond acceptors (Lipinski definition) is 5. The lowest BCUT2D eigenvalue weighted by molar-refractivity contribution is 0.510. The summed E-state index contributed by atoms with van der Waals surface area (Å²) in [4.78, 5) is 12.3. The van der Waals surface area contributed by atoms with Gasteiger partial charge in [-0.25, -0.2) is 9.97 Å². The first-order valence-corrected chi connectivity index (χ1v) is 10.4. The lowest BCUT2D eigenvalue weighted by Crippen LogP contribution is -2.18. The van der Waals surface area contributed by atoms with Gasteiger partial charge in [-0.05, 0) is 42.0 Å². The van der Waals surface area contributed by atoms with E-state index < -0.39 is 0 Å². The van der Waals surface area contributed by atoms with E-state index in [1.807, 2.05) is 54.6 Å². The van der Waals surface area contributed by atoms with Crippen LogP contribution in [0, 0.1) is 0 Å². The minimum absolute atomic E-state index is 0.546. The highest BCUT2D eigenvalue weighted by molar-refractivity contribution is 7.17. The van der Waals surface area contributed by atoms with E-state index in [1.54, 1.807) is 23.9 Å². The molecule has 0 spiro atoms. The van der Waals surface area contributed by atoms with Crippen LogP contribution in [-0.4, -0.2) is 9.97 Å². The molecule has 0 atom stereocenters. The summed E-state index contributed by atoms with van der Waals surface area (Å²) >= 11 is 7.75. The number of benzene rings is 2. The Kier molecular flexibility index (Phi) is 4.76. The molecule has 0 saturated carbocycles. The highest BCUT2D eigenvalue weighted by Gasteiger charge is 2.20. The van der Waals surface area contributed by atoms with Crippen LogP contribution in [0.4, 0.5) is 11.5 Å². The van der Waals surface area contributed by atoms with Gasteiger partial charge >= 0.3 is 0 Å². The Morgan fingerprint density at radius 1 is 0.931 bits per heavy atom. The van der Waals surface area contributed by atoms with Crippen LogP contribution >= 0.6 is 22.9 Å². The molecule has 0 aliphatic carbocycles. The van der Waals surface area contributed by atoms with Crippen molar-refractivity contribution in [2.75, 3.05) is 4.90 Å². The maximum absolute atomic E-state index is 6.13. The number of rotatable bonds is 5. The third-order valence-corrected chi connectivity index (χ3v) is 5.86. The summed E-state index contributed by atoms with van der Waals surface area (Å²) in [5.74, 6) is 1.69. The monoisotopic (exact) mass is 417 g/mol. The molecule has 0 saturated heterocycles. The lowest BCUT2D eigenvalue weighted by atomic mass is 10.1. The second-order valence-electron chi connectivity index (χ2n) is 6.53. The minimum atomic E-state index is 0.546. The molecular formula is C23H16ClN3OS. The quantitative estimate of drug-likeness (QED) is 0.310. The molecule has 0 bridgehead atoms. The molecule has 0 aliphatic rings. The minimum Gasteiger partial charge on any atom is -0.467 e. The molecule has 5 aromatic rings. The Morgan fingerprint density at radius 3 is 2.52 bits per heavy atom. The summed E-state index contributed by atoms with van der Waals surface area (Å²) in [6, 6.07) is 21.9. The Labute approximate surface area is 177 Å². The molecule has 3 heterocycles. The van der Waals surface area contributed by atoms with Gasteiger partial charge in [0, 0.05) is 21.7 Å². The summed E-state index contributed by atoms with van der Waals surface area (Å²) < 4.78 is 5.63. The Balaban J connectivity index is 1.71. The first-order chi connectivity index (χ1) is 14.3. The summed E-state index contributed by atoms with van der Waals surface area (Å²) in [5.41, 5.74) is 3.25. The van der Waals surface area contributed by atoms with E-state index in [4.69, 9.17) is 21.0 Å². The molecular weight excluding hydrogens is 402 g/mol. The van der Waals surface area contributed by atoms with Crippen molar-refractivity contribution in [2.45, 2.75) is 6.54 Å². The number of thiophene rings is 1. The van der Waals surface area contributed by atoms with Crippen LogP contribution < -0.4 is 4.90 Å². The van der Waals surface area contributed by atoms with Crippen molar-refractivity contribution in [2.24, 2.45) is 0 Å². The fraction of sp³-hybridized carbons (Fsp3) is 0.0435. The predicted octanol–water partition coefficient (Wildman–Crippen LogP) is 6.94. The molecule has 0 unspecified atom stereocenters. The van der Waals surface area contributed by atoms with Gasteiger partial charge in [-0.2, -0.15) is 0 Å². The normalized spacial score (nSPS) is 11.1. The van der Waals surface area contributed by atoms with E-state index in [-0.39, 0.29) is 0 Å². The highest BCUT2D eigenvalue weighted by atomic mass is 35.5. The molecule has 142 valence electrons. The van der Waals surface area contributed by atoms with E-state index in [2.05, 4.69) is 27.4 Å². The topological polar surface area (TPSA) is 42.2 Å². The van der Waals surface area contributed by atoms with E-state index in [9.17, 15) is 0 Å². The average Bonchev–Trinajstić information content (AvgIpc) is 3.43. The fourth-order valence-electron chi connectivity index (χ4n) is 3.36. The van der Waals surface area contributed by atoms with Crippen molar-refractivity contribution >= 4 is 44.7 Å².